The molecule has 14 rings (SSSR count). The third-order valence-corrected chi connectivity index (χ3v) is 14.2. The molecule has 3 aromatic heterocycles. The Balaban J connectivity index is 0.980. The maximum Gasteiger partial charge on any atom is 0.164 e. The van der Waals surface area contributed by atoms with Crippen LogP contribution in [-0.2, 0) is 5.41 Å². The molecule has 5 nitrogen and oxygen atoms in total. The molecule has 69 heavy (non-hydrogen) atoms. The highest BCUT2D eigenvalue weighted by Crippen LogP contribution is 2.63. The van der Waals surface area contributed by atoms with Gasteiger partial charge in [0.1, 0.15) is 0 Å². The molecule has 0 radical (unpaired) electrons. The van der Waals surface area contributed by atoms with E-state index in [0.29, 0.717) is 17.5 Å². The van der Waals surface area contributed by atoms with Gasteiger partial charge in [-0.3, -0.25) is 4.98 Å². The monoisotopic (exact) mass is 877 g/mol. The second-order valence-corrected chi connectivity index (χ2v) is 18.0. The molecule has 9 aromatic carbocycles. The zero-order chi connectivity index (χ0) is 45.5. The number of aromatic nitrogens is 5. The van der Waals surface area contributed by atoms with Crippen molar-refractivity contribution in [3.63, 3.8) is 0 Å². The fourth-order valence-electron chi connectivity index (χ4n) is 11.1. The number of para-hydroxylation sites is 1. The molecule has 0 fully saturated rings. The predicted molar refractivity (Wildman–Crippen MR) is 279 cm³/mol. The van der Waals surface area contributed by atoms with Gasteiger partial charge < -0.3 is 0 Å². The van der Waals surface area contributed by atoms with E-state index in [4.69, 9.17) is 19.9 Å². The Morgan fingerprint density at radius 3 is 1.38 bits per heavy atom. The lowest BCUT2D eigenvalue weighted by Crippen LogP contribution is -2.25. The summed E-state index contributed by atoms with van der Waals surface area (Å²) in [5.41, 5.74) is 19.8. The van der Waals surface area contributed by atoms with Crippen LogP contribution in [0.3, 0.4) is 0 Å². The number of hydrogen-bond donors (Lipinski definition) is 0. The Morgan fingerprint density at radius 2 is 0.754 bits per heavy atom. The van der Waals surface area contributed by atoms with Gasteiger partial charge >= 0.3 is 0 Å². The lowest BCUT2D eigenvalue weighted by molar-refractivity contribution is 0.794. The summed E-state index contributed by atoms with van der Waals surface area (Å²) in [6, 6.07) is 80.3. The van der Waals surface area contributed by atoms with E-state index in [1.54, 1.807) is 0 Å². The number of nitrogens with zero attached hydrogens (tertiary/aromatic N) is 5. The summed E-state index contributed by atoms with van der Waals surface area (Å²) in [5, 5.41) is 3.28. The largest absolute Gasteiger partial charge is 0.264 e. The summed E-state index contributed by atoms with van der Waals surface area (Å²) < 4.78 is 0. The third kappa shape index (κ3) is 6.07. The highest BCUT2D eigenvalue weighted by molar-refractivity contribution is 6.10. The maximum absolute atomic E-state index is 5.23. The molecule has 5 heteroatoms. The Bertz CT molecular complexity index is 3890. The quantitative estimate of drug-likeness (QED) is 0.156. The fourth-order valence-corrected chi connectivity index (χ4v) is 11.1. The van der Waals surface area contributed by atoms with Crippen LogP contribution in [0.1, 0.15) is 22.3 Å². The van der Waals surface area contributed by atoms with Crippen LogP contribution in [-0.4, -0.2) is 24.9 Å². The van der Waals surface area contributed by atoms with Crippen molar-refractivity contribution in [1.29, 1.82) is 0 Å². The minimum atomic E-state index is -0.467. The molecule has 0 N–H and O–H groups in total. The molecule has 0 saturated heterocycles. The second-order valence-electron chi connectivity index (χ2n) is 18.0. The van der Waals surface area contributed by atoms with E-state index in [2.05, 4.69) is 187 Å². The molecule has 2 aliphatic carbocycles. The molecule has 12 aromatic rings. The number of fused-ring (bicyclic) bond motifs is 13. The van der Waals surface area contributed by atoms with Gasteiger partial charge in [-0.1, -0.05) is 188 Å². The zero-order valence-corrected chi connectivity index (χ0v) is 37.3. The summed E-state index contributed by atoms with van der Waals surface area (Å²) in [7, 11) is 0. The van der Waals surface area contributed by atoms with E-state index in [9.17, 15) is 0 Å². The van der Waals surface area contributed by atoms with Crippen LogP contribution in [0.2, 0.25) is 0 Å². The van der Waals surface area contributed by atoms with E-state index in [0.717, 1.165) is 71.9 Å². The molecule has 0 unspecified atom stereocenters. The van der Waals surface area contributed by atoms with Crippen LogP contribution in [0.4, 0.5) is 0 Å². The smallest absolute Gasteiger partial charge is 0.164 e. The first-order valence-corrected chi connectivity index (χ1v) is 23.4. The minimum absolute atomic E-state index is 0.467. The van der Waals surface area contributed by atoms with Crippen molar-refractivity contribution in [1.82, 2.24) is 24.9 Å². The molecule has 0 atom stereocenters. The van der Waals surface area contributed by atoms with Gasteiger partial charge in [0, 0.05) is 45.4 Å². The van der Waals surface area contributed by atoms with Crippen LogP contribution in [0.25, 0.3) is 112 Å². The predicted octanol–water partition coefficient (Wildman–Crippen LogP) is 15.3. The fraction of sp³-hybridized carbons (Fsp3) is 0.0156. The standard InChI is InChI=1S/C64H39N5/c1-3-15-42(16-4-1)61-67-62(43-17-5-2-6-18-43)69-63(68-61)47-36-45(40-27-29-41(30-28-40)60-54-39-65-34-33-48(54)53-22-10-14-26-59(53)66-60)35-46(37-47)44-31-32-52-51-21-9-13-25-57(51)64(58(52)38-44)55-23-11-7-19-49(55)50-20-8-12-24-56(50)64/h1-39H. The van der Waals surface area contributed by atoms with Crippen molar-refractivity contribution in [2.45, 2.75) is 5.41 Å². The normalized spacial score (nSPS) is 12.8. The summed E-state index contributed by atoms with van der Waals surface area (Å²) >= 11 is 0. The second kappa shape index (κ2) is 15.4. The topological polar surface area (TPSA) is 64.5 Å². The van der Waals surface area contributed by atoms with Crippen molar-refractivity contribution in [2.75, 3.05) is 0 Å². The highest BCUT2D eigenvalue weighted by atomic mass is 15.0. The van der Waals surface area contributed by atoms with Crippen LogP contribution >= 0.6 is 0 Å². The van der Waals surface area contributed by atoms with Crippen molar-refractivity contribution in [3.05, 3.63) is 259 Å². The van der Waals surface area contributed by atoms with Gasteiger partial charge in [-0.05, 0) is 109 Å². The molecular formula is C64H39N5. The van der Waals surface area contributed by atoms with Gasteiger partial charge in [0.15, 0.2) is 17.5 Å². The average Bonchev–Trinajstić information content (AvgIpc) is 3.90. The van der Waals surface area contributed by atoms with E-state index in [1.165, 1.54) is 44.5 Å². The van der Waals surface area contributed by atoms with Crippen molar-refractivity contribution >= 4 is 21.7 Å². The van der Waals surface area contributed by atoms with Gasteiger partial charge in [-0.25, -0.2) is 19.9 Å². The Morgan fingerprint density at radius 1 is 0.275 bits per heavy atom. The van der Waals surface area contributed by atoms with Crippen molar-refractivity contribution in [2.24, 2.45) is 0 Å². The molecule has 3 heterocycles. The summed E-state index contributed by atoms with van der Waals surface area (Å²) in [6.07, 6.45) is 3.79. The van der Waals surface area contributed by atoms with Crippen LogP contribution in [0, 0.1) is 0 Å². The lowest BCUT2D eigenvalue weighted by Gasteiger charge is -2.30. The number of rotatable bonds is 6. The van der Waals surface area contributed by atoms with Gasteiger partial charge in [-0.15, -0.1) is 0 Å². The van der Waals surface area contributed by atoms with E-state index in [-0.39, 0.29) is 0 Å². The maximum atomic E-state index is 5.23. The highest BCUT2D eigenvalue weighted by Gasteiger charge is 2.51. The molecular weight excluding hydrogens is 839 g/mol. The first kappa shape index (κ1) is 39.0. The Labute approximate surface area is 399 Å². The van der Waals surface area contributed by atoms with Crippen LogP contribution < -0.4 is 0 Å². The third-order valence-electron chi connectivity index (χ3n) is 14.2. The molecule has 0 amide bonds. The van der Waals surface area contributed by atoms with Crippen molar-refractivity contribution < 1.29 is 0 Å². The molecule has 0 saturated carbocycles. The lowest BCUT2D eigenvalue weighted by atomic mass is 9.70. The van der Waals surface area contributed by atoms with Crippen LogP contribution in [0.5, 0.6) is 0 Å². The van der Waals surface area contributed by atoms with E-state index < -0.39 is 5.41 Å². The van der Waals surface area contributed by atoms with E-state index in [1.807, 2.05) is 54.9 Å². The minimum Gasteiger partial charge on any atom is -0.264 e. The summed E-state index contributed by atoms with van der Waals surface area (Å²) in [5.74, 6) is 1.85. The summed E-state index contributed by atoms with van der Waals surface area (Å²) in [4.78, 5) is 25.2. The molecule has 2 aliphatic rings. The number of benzene rings is 9. The first-order chi connectivity index (χ1) is 34.2. The molecule has 1 spiro atoms. The molecule has 0 bridgehead atoms. The van der Waals surface area contributed by atoms with Crippen LogP contribution in [0.15, 0.2) is 237 Å². The van der Waals surface area contributed by atoms with Gasteiger partial charge in [-0.2, -0.15) is 0 Å². The first-order valence-electron chi connectivity index (χ1n) is 23.4. The summed E-state index contributed by atoms with van der Waals surface area (Å²) in [6.45, 7) is 0. The SMILES string of the molecule is c1ccc(-c2nc(-c3ccccc3)nc(-c3cc(-c4ccc(-c5nc6ccccc6c6ccncc56)cc4)cc(-c4ccc5c(c4)C4(c6ccccc6-c6ccccc64)c4ccccc4-5)c3)n2)cc1. The van der Waals surface area contributed by atoms with Gasteiger partial charge in [0.2, 0.25) is 0 Å². The Kier molecular flexibility index (Phi) is 8.73. The Hall–Kier alpha value is -9.19. The van der Waals surface area contributed by atoms with Gasteiger partial charge in [0.05, 0.1) is 16.6 Å². The molecule has 0 aliphatic heterocycles. The van der Waals surface area contributed by atoms with Crippen molar-refractivity contribution in [3.8, 4) is 89.9 Å². The molecule has 320 valence electrons. The number of pyridine rings is 2. The van der Waals surface area contributed by atoms with E-state index >= 15 is 0 Å². The van der Waals surface area contributed by atoms with Gasteiger partial charge in [0.25, 0.3) is 0 Å². The average molecular weight is 878 g/mol. The number of hydrogen-bond acceptors (Lipinski definition) is 5. The zero-order valence-electron chi connectivity index (χ0n) is 37.3.